The van der Waals surface area contributed by atoms with E-state index in [-0.39, 0.29) is 17.9 Å². The molecule has 8 heteroatoms. The molecule has 0 spiro atoms. The summed E-state index contributed by atoms with van der Waals surface area (Å²) in [6.45, 7) is -0.238. The summed E-state index contributed by atoms with van der Waals surface area (Å²) in [6, 6.07) is 12.8. The molecule has 0 radical (unpaired) electrons. The molecular weight excluding hydrogens is 339 g/mol. The number of fused-ring (bicyclic) bond motifs is 1. The smallest absolute Gasteiger partial charge is 0.408 e. The van der Waals surface area contributed by atoms with Crippen molar-refractivity contribution in [1.29, 1.82) is 0 Å². The van der Waals surface area contributed by atoms with Crippen LogP contribution in [-0.2, 0) is 11.3 Å². The Kier molecular flexibility index (Phi) is 3.85. The van der Waals surface area contributed by atoms with Gasteiger partial charge in [-0.3, -0.25) is 9.36 Å². The number of hydrogen-bond acceptors (Lipinski definition) is 4. The standard InChI is InChI=1S/C18H13FN4O3/c19-13-10-12(6-7-14(13)23-9-3-8-20-23)21-17(24)11-22-15-4-1-2-5-16(15)26-18(22)25/h1-10H,11H2,(H,21,24). The number of carbonyl (C=O) groups excluding carboxylic acids is 1. The first-order valence-electron chi connectivity index (χ1n) is 7.79. The Labute approximate surface area is 146 Å². The molecule has 0 saturated carbocycles. The highest BCUT2D eigenvalue weighted by Crippen LogP contribution is 2.18. The van der Waals surface area contributed by atoms with Crippen molar-refractivity contribution in [2.75, 3.05) is 5.32 Å². The Bertz CT molecular complexity index is 1140. The summed E-state index contributed by atoms with van der Waals surface area (Å²) in [5.41, 5.74) is 1.47. The van der Waals surface area contributed by atoms with Gasteiger partial charge in [0, 0.05) is 18.1 Å². The normalized spacial score (nSPS) is 11.0. The van der Waals surface area contributed by atoms with Crippen molar-refractivity contribution in [3.8, 4) is 5.69 Å². The summed E-state index contributed by atoms with van der Waals surface area (Å²) in [5.74, 6) is -1.62. The Hall–Kier alpha value is -3.68. The van der Waals surface area contributed by atoms with Crippen LogP contribution in [0.4, 0.5) is 10.1 Å². The van der Waals surface area contributed by atoms with Crippen LogP contribution in [-0.4, -0.2) is 20.3 Å². The van der Waals surface area contributed by atoms with Crippen LogP contribution in [0.2, 0.25) is 0 Å². The van der Waals surface area contributed by atoms with Crippen LogP contribution in [0.5, 0.6) is 0 Å². The van der Waals surface area contributed by atoms with Gasteiger partial charge in [0.05, 0.1) is 5.52 Å². The molecule has 7 nitrogen and oxygen atoms in total. The number of nitrogens with one attached hydrogen (secondary N) is 1. The molecular formula is C18H13FN4O3. The Balaban J connectivity index is 1.54. The van der Waals surface area contributed by atoms with E-state index in [1.165, 1.54) is 21.4 Å². The molecule has 2 aromatic heterocycles. The minimum atomic E-state index is -0.624. The van der Waals surface area contributed by atoms with E-state index >= 15 is 0 Å². The molecule has 0 aliphatic rings. The molecule has 26 heavy (non-hydrogen) atoms. The number of oxazole rings is 1. The Morgan fingerprint density at radius 2 is 2.04 bits per heavy atom. The van der Waals surface area contributed by atoms with Crippen LogP contribution in [0, 0.1) is 5.82 Å². The molecule has 0 unspecified atom stereocenters. The molecule has 0 saturated heterocycles. The van der Waals surface area contributed by atoms with E-state index in [9.17, 15) is 14.0 Å². The quantitative estimate of drug-likeness (QED) is 0.612. The summed E-state index contributed by atoms with van der Waals surface area (Å²) in [4.78, 5) is 24.2. The van der Waals surface area contributed by atoms with Gasteiger partial charge in [0.1, 0.15) is 12.2 Å². The number of benzene rings is 2. The largest absolute Gasteiger partial charge is 0.420 e. The first-order chi connectivity index (χ1) is 12.6. The van der Waals surface area contributed by atoms with E-state index in [0.717, 1.165) is 0 Å². The van der Waals surface area contributed by atoms with Gasteiger partial charge in [0.15, 0.2) is 11.4 Å². The first kappa shape index (κ1) is 15.8. The molecule has 0 aliphatic carbocycles. The summed E-state index contributed by atoms with van der Waals surface area (Å²) in [7, 11) is 0. The average molecular weight is 352 g/mol. The third kappa shape index (κ3) is 2.88. The van der Waals surface area contributed by atoms with Gasteiger partial charge in [-0.05, 0) is 36.4 Å². The zero-order valence-electron chi connectivity index (χ0n) is 13.4. The maximum absolute atomic E-state index is 14.2. The fourth-order valence-corrected chi connectivity index (χ4v) is 2.69. The van der Waals surface area contributed by atoms with Crippen LogP contribution in [0.3, 0.4) is 0 Å². The lowest BCUT2D eigenvalue weighted by molar-refractivity contribution is -0.116. The van der Waals surface area contributed by atoms with Gasteiger partial charge in [0.25, 0.3) is 0 Å². The molecule has 0 aliphatic heterocycles. The number of anilines is 1. The highest BCUT2D eigenvalue weighted by Gasteiger charge is 2.13. The second-order valence-electron chi connectivity index (χ2n) is 5.59. The van der Waals surface area contributed by atoms with Gasteiger partial charge in [0.2, 0.25) is 5.91 Å². The van der Waals surface area contributed by atoms with E-state index in [1.807, 2.05) is 0 Å². The number of para-hydroxylation sites is 2. The molecule has 0 bridgehead atoms. The second kappa shape index (κ2) is 6.32. The van der Waals surface area contributed by atoms with Crippen molar-refractivity contribution >= 4 is 22.7 Å². The zero-order chi connectivity index (χ0) is 18.1. The molecule has 2 aromatic carbocycles. The van der Waals surface area contributed by atoms with E-state index in [4.69, 9.17) is 4.42 Å². The van der Waals surface area contributed by atoms with E-state index in [2.05, 4.69) is 10.4 Å². The highest BCUT2D eigenvalue weighted by atomic mass is 19.1. The van der Waals surface area contributed by atoms with Gasteiger partial charge in [-0.15, -0.1) is 0 Å². The van der Waals surface area contributed by atoms with Crippen molar-refractivity contribution in [2.24, 2.45) is 0 Å². The van der Waals surface area contributed by atoms with Gasteiger partial charge in [-0.1, -0.05) is 12.1 Å². The lowest BCUT2D eigenvalue weighted by Crippen LogP contribution is -2.24. The van der Waals surface area contributed by atoms with E-state index < -0.39 is 17.5 Å². The summed E-state index contributed by atoms with van der Waals surface area (Å²) < 4.78 is 21.9. The number of halogens is 1. The molecule has 2 heterocycles. The number of aromatic nitrogens is 3. The van der Waals surface area contributed by atoms with Crippen LogP contribution < -0.4 is 11.1 Å². The van der Waals surface area contributed by atoms with Crippen LogP contribution in [0.25, 0.3) is 16.8 Å². The molecule has 1 amide bonds. The average Bonchev–Trinajstić information content (AvgIpc) is 3.24. The van der Waals surface area contributed by atoms with E-state index in [0.29, 0.717) is 11.1 Å². The summed E-state index contributed by atoms with van der Waals surface area (Å²) >= 11 is 0. The molecule has 130 valence electrons. The molecule has 1 N–H and O–H groups in total. The fraction of sp³-hybridized carbons (Fsp3) is 0.0556. The van der Waals surface area contributed by atoms with Gasteiger partial charge < -0.3 is 9.73 Å². The van der Waals surface area contributed by atoms with E-state index in [1.54, 1.807) is 48.8 Å². The number of hydrogen-bond donors (Lipinski definition) is 1. The SMILES string of the molecule is O=C(Cn1c(=O)oc2ccccc21)Nc1ccc(-n2cccn2)c(F)c1. The molecule has 0 atom stereocenters. The van der Waals surface area contributed by atoms with Gasteiger partial charge >= 0.3 is 5.76 Å². The predicted molar refractivity (Wildman–Crippen MR) is 92.6 cm³/mol. The maximum Gasteiger partial charge on any atom is 0.420 e. The summed E-state index contributed by atoms with van der Waals surface area (Å²) in [6.07, 6.45) is 3.16. The second-order valence-corrected chi connectivity index (χ2v) is 5.59. The van der Waals surface area contributed by atoms with Crippen LogP contribution >= 0.6 is 0 Å². The molecule has 4 rings (SSSR count). The van der Waals surface area contributed by atoms with Gasteiger partial charge in [-0.25, -0.2) is 13.9 Å². The third-order valence-electron chi connectivity index (χ3n) is 3.86. The highest BCUT2D eigenvalue weighted by molar-refractivity contribution is 5.91. The number of nitrogens with zero attached hydrogens (tertiary/aromatic N) is 3. The lowest BCUT2D eigenvalue weighted by Gasteiger charge is -2.08. The van der Waals surface area contributed by atoms with Crippen LogP contribution in [0.15, 0.2) is 70.1 Å². The number of rotatable bonds is 4. The zero-order valence-corrected chi connectivity index (χ0v) is 13.4. The van der Waals surface area contributed by atoms with Crippen molar-refractivity contribution in [1.82, 2.24) is 14.3 Å². The maximum atomic E-state index is 14.2. The molecule has 0 fully saturated rings. The topological polar surface area (TPSA) is 82.1 Å². The molecule has 4 aromatic rings. The minimum Gasteiger partial charge on any atom is -0.408 e. The lowest BCUT2D eigenvalue weighted by atomic mass is 10.2. The van der Waals surface area contributed by atoms with Crippen molar-refractivity contribution in [2.45, 2.75) is 6.54 Å². The third-order valence-corrected chi connectivity index (χ3v) is 3.86. The van der Waals surface area contributed by atoms with Crippen molar-refractivity contribution in [3.63, 3.8) is 0 Å². The van der Waals surface area contributed by atoms with Crippen LogP contribution in [0.1, 0.15) is 0 Å². The summed E-state index contributed by atoms with van der Waals surface area (Å²) in [5, 5.41) is 6.54. The number of carbonyl (C=O) groups is 1. The predicted octanol–water partition coefficient (Wildman–Crippen LogP) is 2.56. The van der Waals surface area contributed by atoms with Gasteiger partial charge in [-0.2, -0.15) is 5.10 Å². The Morgan fingerprint density at radius 1 is 1.19 bits per heavy atom. The van der Waals surface area contributed by atoms with Crippen molar-refractivity contribution < 1.29 is 13.6 Å². The number of amides is 1. The van der Waals surface area contributed by atoms with Crippen molar-refractivity contribution in [3.05, 3.63) is 77.3 Å². The first-order valence-corrected chi connectivity index (χ1v) is 7.79. The Morgan fingerprint density at radius 3 is 2.81 bits per heavy atom. The minimum absolute atomic E-state index is 0.238. The fourth-order valence-electron chi connectivity index (χ4n) is 2.69. The monoisotopic (exact) mass is 352 g/mol.